The first-order valence-corrected chi connectivity index (χ1v) is 4.56. The van der Waals surface area contributed by atoms with Crippen LogP contribution in [0.25, 0.3) is 0 Å². The average Bonchev–Trinajstić information content (AvgIpc) is 2.09. The lowest BCUT2D eigenvalue weighted by molar-refractivity contribution is 0.628. The van der Waals surface area contributed by atoms with Crippen LogP contribution in [0.1, 0.15) is 6.42 Å². The van der Waals surface area contributed by atoms with Crippen molar-refractivity contribution >= 4 is 18.3 Å². The van der Waals surface area contributed by atoms with Gasteiger partial charge in [0.1, 0.15) is 5.82 Å². The molecule has 1 aromatic carbocycles. The summed E-state index contributed by atoms with van der Waals surface area (Å²) in [5.41, 5.74) is 0.957. The van der Waals surface area contributed by atoms with Crippen molar-refractivity contribution in [2.45, 2.75) is 6.42 Å². The van der Waals surface area contributed by atoms with Crippen molar-refractivity contribution in [2.24, 2.45) is 0 Å². The molecule has 0 unspecified atom stereocenters. The van der Waals surface area contributed by atoms with E-state index in [0.717, 1.165) is 24.4 Å². The third-order valence-corrected chi connectivity index (χ3v) is 1.82. The Kier molecular flexibility index (Phi) is 3.94. The number of nitrogens with one attached hydrogen (secondary N) is 1. The van der Waals surface area contributed by atoms with E-state index < -0.39 is 0 Å². The molecule has 1 N–H and O–H groups in total. The van der Waals surface area contributed by atoms with Gasteiger partial charge in [0.25, 0.3) is 0 Å². The Morgan fingerprint density at radius 1 is 1.25 bits per heavy atom. The lowest BCUT2D eigenvalue weighted by Gasteiger charge is -2.03. The molecule has 0 saturated carbocycles. The summed E-state index contributed by atoms with van der Waals surface area (Å²) < 4.78 is 12.4. The summed E-state index contributed by atoms with van der Waals surface area (Å²) in [7, 11) is 0. The molecule has 1 nitrogen and oxygen atoms in total. The van der Waals surface area contributed by atoms with E-state index in [-0.39, 0.29) is 5.82 Å². The van der Waals surface area contributed by atoms with Crippen LogP contribution in [0.15, 0.2) is 24.3 Å². The maximum atomic E-state index is 12.4. The van der Waals surface area contributed by atoms with Gasteiger partial charge in [-0.2, -0.15) is 12.6 Å². The Bertz CT molecular complexity index is 222. The highest BCUT2D eigenvalue weighted by molar-refractivity contribution is 7.80. The van der Waals surface area contributed by atoms with Gasteiger partial charge in [0.05, 0.1) is 0 Å². The minimum absolute atomic E-state index is 0.199. The molecule has 0 radical (unpaired) electrons. The van der Waals surface area contributed by atoms with E-state index >= 15 is 0 Å². The monoisotopic (exact) mass is 185 g/mol. The number of anilines is 1. The Balaban J connectivity index is 2.37. The average molecular weight is 185 g/mol. The zero-order valence-electron chi connectivity index (χ0n) is 6.76. The Morgan fingerprint density at radius 2 is 1.92 bits per heavy atom. The number of hydrogen-bond acceptors (Lipinski definition) is 2. The summed E-state index contributed by atoms with van der Waals surface area (Å²) in [6, 6.07) is 6.35. The molecule has 0 bridgehead atoms. The van der Waals surface area contributed by atoms with Crippen molar-refractivity contribution in [3.05, 3.63) is 30.1 Å². The van der Waals surface area contributed by atoms with Crippen molar-refractivity contribution in [1.29, 1.82) is 0 Å². The molecular weight excluding hydrogens is 173 g/mol. The molecule has 12 heavy (non-hydrogen) atoms. The van der Waals surface area contributed by atoms with E-state index in [4.69, 9.17) is 0 Å². The highest BCUT2D eigenvalue weighted by Crippen LogP contribution is 2.07. The Hall–Kier alpha value is -0.700. The van der Waals surface area contributed by atoms with E-state index in [0.29, 0.717) is 0 Å². The summed E-state index contributed by atoms with van der Waals surface area (Å²) in [6.07, 6.45) is 1.01. The van der Waals surface area contributed by atoms with Crippen molar-refractivity contribution in [3.8, 4) is 0 Å². The molecule has 0 atom stereocenters. The number of halogens is 1. The van der Waals surface area contributed by atoms with Crippen LogP contribution in [0, 0.1) is 5.82 Å². The predicted molar refractivity (Wildman–Crippen MR) is 53.4 cm³/mol. The van der Waals surface area contributed by atoms with Gasteiger partial charge in [-0.15, -0.1) is 0 Å². The third kappa shape index (κ3) is 3.13. The van der Waals surface area contributed by atoms with E-state index in [1.807, 2.05) is 0 Å². The van der Waals surface area contributed by atoms with Crippen molar-refractivity contribution in [2.75, 3.05) is 17.6 Å². The molecule has 1 aromatic rings. The van der Waals surface area contributed by atoms with Crippen LogP contribution in [-0.4, -0.2) is 12.3 Å². The Morgan fingerprint density at radius 3 is 2.50 bits per heavy atom. The van der Waals surface area contributed by atoms with Gasteiger partial charge in [-0.25, -0.2) is 4.39 Å². The number of thiol groups is 1. The molecule has 0 aliphatic carbocycles. The highest BCUT2D eigenvalue weighted by Gasteiger charge is 1.91. The summed E-state index contributed by atoms with van der Waals surface area (Å²) in [5.74, 6) is 0.670. The van der Waals surface area contributed by atoms with Crippen LogP contribution in [-0.2, 0) is 0 Å². The van der Waals surface area contributed by atoms with Crippen LogP contribution >= 0.6 is 12.6 Å². The van der Waals surface area contributed by atoms with Crippen LogP contribution in [0.3, 0.4) is 0 Å². The van der Waals surface area contributed by atoms with E-state index in [9.17, 15) is 4.39 Å². The summed E-state index contributed by atoms with van der Waals surface area (Å²) in [4.78, 5) is 0. The highest BCUT2D eigenvalue weighted by atomic mass is 32.1. The number of rotatable bonds is 4. The van der Waals surface area contributed by atoms with Crippen LogP contribution in [0.2, 0.25) is 0 Å². The molecule has 3 heteroatoms. The predicted octanol–water partition coefficient (Wildman–Crippen LogP) is 2.56. The molecule has 0 fully saturated rings. The SMILES string of the molecule is Fc1ccc(NCCCS)cc1. The van der Waals surface area contributed by atoms with Crippen LogP contribution < -0.4 is 5.32 Å². The molecule has 0 heterocycles. The lowest BCUT2D eigenvalue weighted by atomic mass is 10.3. The summed E-state index contributed by atoms with van der Waals surface area (Å²) in [5, 5.41) is 3.16. The van der Waals surface area contributed by atoms with Gasteiger partial charge in [0, 0.05) is 12.2 Å². The van der Waals surface area contributed by atoms with Crippen molar-refractivity contribution in [1.82, 2.24) is 0 Å². The third-order valence-electron chi connectivity index (χ3n) is 1.51. The lowest BCUT2D eigenvalue weighted by Crippen LogP contribution is -2.01. The van der Waals surface area contributed by atoms with E-state index in [1.165, 1.54) is 12.1 Å². The fourth-order valence-electron chi connectivity index (χ4n) is 0.880. The largest absolute Gasteiger partial charge is 0.385 e. The zero-order chi connectivity index (χ0) is 8.81. The first kappa shape index (κ1) is 9.39. The van der Waals surface area contributed by atoms with Gasteiger partial charge in [0.15, 0.2) is 0 Å². The Labute approximate surface area is 77.4 Å². The molecule has 66 valence electrons. The molecule has 0 spiro atoms. The second-order valence-corrected chi connectivity index (χ2v) is 2.96. The van der Waals surface area contributed by atoms with Gasteiger partial charge < -0.3 is 5.32 Å². The van der Waals surface area contributed by atoms with Gasteiger partial charge >= 0.3 is 0 Å². The quantitative estimate of drug-likeness (QED) is 0.542. The van der Waals surface area contributed by atoms with E-state index in [1.54, 1.807) is 12.1 Å². The first-order chi connectivity index (χ1) is 5.83. The zero-order valence-corrected chi connectivity index (χ0v) is 7.65. The number of hydrogen-bond donors (Lipinski definition) is 2. The second kappa shape index (κ2) is 5.04. The normalized spacial score (nSPS) is 9.83. The van der Waals surface area contributed by atoms with Gasteiger partial charge in [-0.05, 0) is 36.4 Å². The minimum Gasteiger partial charge on any atom is -0.385 e. The van der Waals surface area contributed by atoms with Crippen LogP contribution in [0.4, 0.5) is 10.1 Å². The van der Waals surface area contributed by atoms with Crippen molar-refractivity contribution < 1.29 is 4.39 Å². The van der Waals surface area contributed by atoms with Gasteiger partial charge in [-0.3, -0.25) is 0 Å². The molecule has 1 rings (SSSR count). The van der Waals surface area contributed by atoms with Gasteiger partial charge in [0.2, 0.25) is 0 Å². The fraction of sp³-hybridized carbons (Fsp3) is 0.333. The van der Waals surface area contributed by atoms with Crippen LogP contribution in [0.5, 0.6) is 0 Å². The smallest absolute Gasteiger partial charge is 0.123 e. The van der Waals surface area contributed by atoms with Gasteiger partial charge in [-0.1, -0.05) is 0 Å². The topological polar surface area (TPSA) is 12.0 Å². The first-order valence-electron chi connectivity index (χ1n) is 3.93. The molecule has 0 amide bonds. The number of benzene rings is 1. The molecular formula is C9H12FNS. The summed E-state index contributed by atoms with van der Waals surface area (Å²) in [6.45, 7) is 0.884. The van der Waals surface area contributed by atoms with E-state index in [2.05, 4.69) is 17.9 Å². The molecule has 0 aromatic heterocycles. The maximum absolute atomic E-state index is 12.4. The standard InChI is InChI=1S/C9H12FNS/c10-8-2-4-9(5-3-8)11-6-1-7-12/h2-5,11-12H,1,6-7H2. The second-order valence-electron chi connectivity index (χ2n) is 2.51. The maximum Gasteiger partial charge on any atom is 0.123 e. The minimum atomic E-state index is -0.199. The van der Waals surface area contributed by atoms with Crippen molar-refractivity contribution in [3.63, 3.8) is 0 Å². The molecule has 0 saturated heterocycles. The molecule has 0 aliphatic rings. The molecule has 0 aliphatic heterocycles. The fourth-order valence-corrected chi connectivity index (χ4v) is 1.04. The summed E-state index contributed by atoms with van der Waals surface area (Å²) >= 11 is 4.08.